The summed E-state index contributed by atoms with van der Waals surface area (Å²) in [5.41, 5.74) is 2.38. The monoisotopic (exact) mass is 436 g/mol. The minimum Gasteiger partial charge on any atom is -0.495 e. The number of guanidine groups is 1. The third kappa shape index (κ3) is 5.64. The van der Waals surface area contributed by atoms with Crippen LogP contribution in [0.3, 0.4) is 0 Å². The summed E-state index contributed by atoms with van der Waals surface area (Å²) >= 11 is 0. The molecule has 0 saturated carbocycles. The molecular formula is C25H36N6O. The number of anilines is 2. The van der Waals surface area contributed by atoms with Gasteiger partial charge in [0, 0.05) is 52.0 Å². The zero-order chi connectivity index (χ0) is 22.2. The van der Waals surface area contributed by atoms with E-state index in [4.69, 9.17) is 4.74 Å². The number of nitrogens with zero attached hydrogens (tertiary/aromatic N) is 4. The van der Waals surface area contributed by atoms with Crippen LogP contribution in [0.4, 0.5) is 11.5 Å². The molecule has 4 rings (SSSR count). The molecule has 2 aromatic rings. The van der Waals surface area contributed by atoms with Gasteiger partial charge in [-0.2, -0.15) is 0 Å². The zero-order valence-corrected chi connectivity index (χ0v) is 19.4. The molecular weight excluding hydrogens is 400 g/mol. The van der Waals surface area contributed by atoms with Gasteiger partial charge in [-0.15, -0.1) is 0 Å². The Morgan fingerprint density at radius 2 is 1.91 bits per heavy atom. The molecule has 0 bridgehead atoms. The van der Waals surface area contributed by atoms with E-state index in [0.717, 1.165) is 62.4 Å². The fraction of sp³-hybridized carbons (Fsp3) is 0.520. The van der Waals surface area contributed by atoms with Gasteiger partial charge in [0.05, 0.1) is 12.8 Å². The van der Waals surface area contributed by atoms with Crippen molar-refractivity contribution < 1.29 is 4.74 Å². The fourth-order valence-corrected chi connectivity index (χ4v) is 4.60. The molecule has 1 unspecified atom stereocenters. The summed E-state index contributed by atoms with van der Waals surface area (Å²) in [6.07, 6.45) is 8.16. The average molecular weight is 437 g/mol. The highest BCUT2D eigenvalue weighted by Gasteiger charge is 2.25. The number of benzene rings is 1. The first-order valence-electron chi connectivity index (χ1n) is 11.8. The van der Waals surface area contributed by atoms with Gasteiger partial charge in [-0.05, 0) is 49.1 Å². The van der Waals surface area contributed by atoms with Crippen LogP contribution in [-0.4, -0.2) is 57.3 Å². The number of nitrogens with one attached hydrogen (secondary N) is 2. The molecule has 1 atom stereocenters. The predicted octanol–water partition coefficient (Wildman–Crippen LogP) is 3.41. The summed E-state index contributed by atoms with van der Waals surface area (Å²) in [5.74, 6) is 2.86. The Hall–Kier alpha value is -2.96. The molecule has 1 aromatic carbocycles. The van der Waals surface area contributed by atoms with E-state index in [1.165, 1.54) is 31.2 Å². The molecule has 2 N–H and O–H groups in total. The number of hydrogen-bond acceptors (Lipinski definition) is 5. The second-order valence-electron chi connectivity index (χ2n) is 8.60. The number of aromatic nitrogens is 1. The molecule has 0 radical (unpaired) electrons. The number of para-hydroxylation sites is 2. The molecule has 3 heterocycles. The molecule has 0 spiro atoms. The summed E-state index contributed by atoms with van der Waals surface area (Å²) in [6.45, 7) is 4.87. The van der Waals surface area contributed by atoms with E-state index in [1.807, 2.05) is 25.4 Å². The highest BCUT2D eigenvalue weighted by Crippen LogP contribution is 2.30. The van der Waals surface area contributed by atoms with Crippen molar-refractivity contribution in [3.05, 3.63) is 48.2 Å². The number of rotatable bonds is 6. The van der Waals surface area contributed by atoms with Crippen molar-refractivity contribution in [3.8, 4) is 5.75 Å². The topological polar surface area (TPSA) is 65.0 Å². The Morgan fingerprint density at radius 1 is 1.09 bits per heavy atom. The third-order valence-corrected chi connectivity index (χ3v) is 6.38. The van der Waals surface area contributed by atoms with Crippen LogP contribution in [0.25, 0.3) is 0 Å². The van der Waals surface area contributed by atoms with E-state index in [-0.39, 0.29) is 0 Å². The van der Waals surface area contributed by atoms with Gasteiger partial charge in [0.25, 0.3) is 0 Å². The Labute approximate surface area is 191 Å². The van der Waals surface area contributed by atoms with Crippen LogP contribution in [0.1, 0.15) is 37.7 Å². The van der Waals surface area contributed by atoms with Crippen molar-refractivity contribution >= 4 is 17.5 Å². The first-order valence-corrected chi connectivity index (χ1v) is 11.8. The lowest BCUT2D eigenvalue weighted by Gasteiger charge is -2.23. The Balaban J connectivity index is 1.30. The van der Waals surface area contributed by atoms with Crippen molar-refractivity contribution in [2.24, 2.45) is 4.99 Å². The van der Waals surface area contributed by atoms with Crippen LogP contribution in [0, 0.1) is 0 Å². The fourth-order valence-electron chi connectivity index (χ4n) is 4.60. The van der Waals surface area contributed by atoms with Gasteiger partial charge in [-0.25, -0.2) is 4.98 Å². The molecule has 7 nitrogen and oxygen atoms in total. The largest absolute Gasteiger partial charge is 0.495 e. The number of aliphatic imine (C=N–C) groups is 1. The van der Waals surface area contributed by atoms with E-state index >= 15 is 0 Å². The van der Waals surface area contributed by atoms with E-state index in [0.29, 0.717) is 6.04 Å². The molecule has 2 aliphatic rings. The molecule has 2 saturated heterocycles. The van der Waals surface area contributed by atoms with Gasteiger partial charge in [-0.1, -0.05) is 25.0 Å². The lowest BCUT2D eigenvalue weighted by atomic mass is 10.2. The van der Waals surface area contributed by atoms with Gasteiger partial charge in [0.1, 0.15) is 11.6 Å². The molecule has 7 heteroatoms. The van der Waals surface area contributed by atoms with Crippen LogP contribution in [0.2, 0.25) is 0 Å². The maximum atomic E-state index is 5.54. The molecule has 2 fully saturated rings. The zero-order valence-electron chi connectivity index (χ0n) is 19.4. The van der Waals surface area contributed by atoms with Crippen LogP contribution < -0.4 is 25.2 Å². The minimum atomic E-state index is 0.344. The summed E-state index contributed by atoms with van der Waals surface area (Å²) < 4.78 is 5.54. The van der Waals surface area contributed by atoms with Crippen molar-refractivity contribution in [3.63, 3.8) is 0 Å². The number of hydrogen-bond donors (Lipinski definition) is 2. The number of methoxy groups -OCH3 is 1. The highest BCUT2D eigenvalue weighted by molar-refractivity contribution is 5.80. The SMILES string of the molecule is CN=C(NCc1ccnc(N2CCCCCC2)c1)NC1CCN(c2ccccc2OC)C1. The molecule has 32 heavy (non-hydrogen) atoms. The third-order valence-electron chi connectivity index (χ3n) is 6.38. The first kappa shape index (κ1) is 22.2. The molecule has 172 valence electrons. The Kier molecular flexibility index (Phi) is 7.69. The first-order chi connectivity index (χ1) is 15.8. The normalized spacial score (nSPS) is 19.6. The number of ether oxygens (including phenoxy) is 1. The minimum absolute atomic E-state index is 0.344. The van der Waals surface area contributed by atoms with Gasteiger partial charge in [0.15, 0.2) is 5.96 Å². The van der Waals surface area contributed by atoms with Gasteiger partial charge in [0.2, 0.25) is 0 Å². The Morgan fingerprint density at radius 3 is 2.69 bits per heavy atom. The van der Waals surface area contributed by atoms with E-state index in [2.05, 4.69) is 54.7 Å². The predicted molar refractivity (Wildman–Crippen MR) is 132 cm³/mol. The van der Waals surface area contributed by atoms with Crippen molar-refractivity contribution in [2.75, 3.05) is 50.1 Å². The van der Waals surface area contributed by atoms with E-state index in [1.54, 1.807) is 7.11 Å². The van der Waals surface area contributed by atoms with E-state index in [9.17, 15) is 0 Å². The second kappa shape index (κ2) is 11.1. The lowest BCUT2D eigenvalue weighted by Crippen LogP contribution is -2.44. The smallest absolute Gasteiger partial charge is 0.191 e. The van der Waals surface area contributed by atoms with Crippen LogP contribution in [0.15, 0.2) is 47.6 Å². The van der Waals surface area contributed by atoms with Crippen molar-refractivity contribution in [1.82, 2.24) is 15.6 Å². The van der Waals surface area contributed by atoms with Gasteiger partial charge in [-0.3, -0.25) is 4.99 Å². The maximum absolute atomic E-state index is 5.54. The molecule has 0 amide bonds. The second-order valence-corrected chi connectivity index (χ2v) is 8.60. The van der Waals surface area contributed by atoms with Crippen LogP contribution in [-0.2, 0) is 6.54 Å². The summed E-state index contributed by atoms with van der Waals surface area (Å²) in [5, 5.41) is 7.07. The standard InChI is InChI=1S/C25H36N6O/c1-26-25(29-21-12-16-31(19-21)22-9-5-6-10-23(22)32-2)28-18-20-11-13-27-24(17-20)30-14-7-3-4-8-15-30/h5-6,9-11,13,17,21H,3-4,7-8,12,14-16,18-19H2,1-2H3,(H2,26,28,29). The Bertz CT molecular complexity index is 894. The van der Waals surface area contributed by atoms with Gasteiger partial charge < -0.3 is 25.2 Å². The van der Waals surface area contributed by atoms with Crippen molar-refractivity contribution in [2.45, 2.75) is 44.7 Å². The molecule has 2 aliphatic heterocycles. The van der Waals surface area contributed by atoms with Crippen LogP contribution in [0.5, 0.6) is 5.75 Å². The van der Waals surface area contributed by atoms with Crippen molar-refractivity contribution in [1.29, 1.82) is 0 Å². The maximum Gasteiger partial charge on any atom is 0.191 e. The summed E-state index contributed by atoms with van der Waals surface area (Å²) in [4.78, 5) is 13.9. The molecule has 0 aliphatic carbocycles. The molecule has 1 aromatic heterocycles. The van der Waals surface area contributed by atoms with Gasteiger partial charge >= 0.3 is 0 Å². The quantitative estimate of drug-likeness (QED) is 0.534. The lowest BCUT2D eigenvalue weighted by molar-refractivity contribution is 0.415. The summed E-state index contributed by atoms with van der Waals surface area (Å²) in [6, 6.07) is 12.9. The van der Waals surface area contributed by atoms with E-state index < -0.39 is 0 Å². The number of pyridine rings is 1. The average Bonchev–Trinajstić information content (AvgIpc) is 3.13. The van der Waals surface area contributed by atoms with Crippen LogP contribution >= 0.6 is 0 Å². The summed E-state index contributed by atoms with van der Waals surface area (Å²) in [7, 11) is 3.56. The highest BCUT2D eigenvalue weighted by atomic mass is 16.5.